The van der Waals surface area contributed by atoms with Gasteiger partial charge in [0.25, 0.3) is 0 Å². The van der Waals surface area contributed by atoms with Crippen LogP contribution in [0, 0.1) is 6.92 Å². The van der Waals surface area contributed by atoms with E-state index in [4.69, 9.17) is 10.5 Å². The lowest BCUT2D eigenvalue weighted by molar-refractivity contribution is 0.185. The minimum atomic E-state index is 0.590. The van der Waals surface area contributed by atoms with Gasteiger partial charge in [0, 0.05) is 18.5 Å². The number of methoxy groups -OCH3 is 1. The van der Waals surface area contributed by atoms with Crippen molar-refractivity contribution in [1.82, 2.24) is 4.98 Å². The van der Waals surface area contributed by atoms with Crippen LogP contribution in [-0.4, -0.2) is 12.1 Å². The van der Waals surface area contributed by atoms with E-state index in [0.29, 0.717) is 18.1 Å². The molecule has 1 aromatic carbocycles. The van der Waals surface area contributed by atoms with Crippen LogP contribution in [-0.2, 0) is 11.3 Å². The Balaban J connectivity index is 2.22. The number of hydrogen-bond acceptors (Lipinski definition) is 4. The van der Waals surface area contributed by atoms with Crippen LogP contribution in [0.1, 0.15) is 11.3 Å². The Labute approximate surface area is 107 Å². The van der Waals surface area contributed by atoms with Gasteiger partial charge < -0.3 is 15.8 Å². The van der Waals surface area contributed by atoms with E-state index < -0.39 is 0 Å². The molecular formula is C14H17N3O. The number of nitrogens with two attached hydrogens (primary N) is 1. The number of pyridine rings is 1. The number of aryl methyl sites for hydroxylation is 1. The van der Waals surface area contributed by atoms with E-state index >= 15 is 0 Å². The molecule has 0 radical (unpaired) electrons. The molecule has 0 fully saturated rings. The first-order valence-electron chi connectivity index (χ1n) is 5.77. The molecule has 4 heteroatoms. The van der Waals surface area contributed by atoms with E-state index in [2.05, 4.69) is 10.3 Å². The molecule has 1 aromatic heterocycles. The Morgan fingerprint density at radius 2 is 2.11 bits per heavy atom. The second-order valence-electron chi connectivity index (χ2n) is 4.15. The van der Waals surface area contributed by atoms with Crippen molar-refractivity contribution >= 4 is 17.2 Å². The smallest absolute Gasteiger partial charge is 0.153 e. The van der Waals surface area contributed by atoms with Crippen molar-refractivity contribution in [2.45, 2.75) is 13.5 Å². The molecule has 0 saturated heterocycles. The average molecular weight is 243 g/mol. The third kappa shape index (κ3) is 2.99. The van der Waals surface area contributed by atoms with Crippen LogP contribution in [0.15, 0.2) is 36.4 Å². The molecule has 2 rings (SSSR count). The van der Waals surface area contributed by atoms with E-state index in [1.807, 2.05) is 43.3 Å². The lowest BCUT2D eigenvalue weighted by atomic mass is 10.2. The van der Waals surface area contributed by atoms with E-state index in [0.717, 1.165) is 16.9 Å². The first-order chi connectivity index (χ1) is 8.69. The lowest BCUT2D eigenvalue weighted by Crippen LogP contribution is -2.00. The monoisotopic (exact) mass is 243 g/mol. The van der Waals surface area contributed by atoms with Gasteiger partial charge in [0.1, 0.15) is 0 Å². The summed E-state index contributed by atoms with van der Waals surface area (Å²) in [5, 5.41) is 3.22. The van der Waals surface area contributed by atoms with Crippen LogP contribution in [0.5, 0.6) is 0 Å². The van der Waals surface area contributed by atoms with Gasteiger partial charge in [0.2, 0.25) is 0 Å². The highest BCUT2D eigenvalue weighted by Crippen LogP contribution is 2.21. The van der Waals surface area contributed by atoms with Crippen molar-refractivity contribution in [3.8, 4) is 0 Å². The van der Waals surface area contributed by atoms with Crippen molar-refractivity contribution < 1.29 is 4.74 Å². The first-order valence-corrected chi connectivity index (χ1v) is 5.77. The molecule has 0 aliphatic carbocycles. The first kappa shape index (κ1) is 12.4. The van der Waals surface area contributed by atoms with E-state index in [1.165, 1.54) is 0 Å². The number of rotatable bonds is 4. The van der Waals surface area contributed by atoms with E-state index in [9.17, 15) is 0 Å². The van der Waals surface area contributed by atoms with Gasteiger partial charge in [0.05, 0.1) is 12.3 Å². The van der Waals surface area contributed by atoms with Crippen molar-refractivity contribution in [2.24, 2.45) is 0 Å². The Kier molecular flexibility index (Phi) is 3.79. The summed E-state index contributed by atoms with van der Waals surface area (Å²) in [5.41, 5.74) is 9.51. The number of anilines is 3. The fourth-order valence-corrected chi connectivity index (χ4v) is 1.71. The molecule has 2 aromatic rings. The molecule has 0 unspecified atom stereocenters. The fourth-order valence-electron chi connectivity index (χ4n) is 1.71. The minimum Gasteiger partial charge on any atom is -0.396 e. The Morgan fingerprint density at radius 1 is 1.28 bits per heavy atom. The Morgan fingerprint density at radius 3 is 2.89 bits per heavy atom. The number of ether oxygens (including phenoxy) is 1. The molecule has 18 heavy (non-hydrogen) atoms. The second-order valence-corrected chi connectivity index (χ2v) is 4.15. The predicted molar refractivity (Wildman–Crippen MR) is 73.8 cm³/mol. The third-order valence-corrected chi connectivity index (χ3v) is 2.57. The van der Waals surface area contributed by atoms with Crippen LogP contribution >= 0.6 is 0 Å². The van der Waals surface area contributed by atoms with Crippen molar-refractivity contribution in [3.63, 3.8) is 0 Å². The van der Waals surface area contributed by atoms with Gasteiger partial charge in [0.15, 0.2) is 5.82 Å². The number of benzene rings is 1. The minimum absolute atomic E-state index is 0.590. The summed E-state index contributed by atoms with van der Waals surface area (Å²) in [4.78, 5) is 4.38. The summed E-state index contributed by atoms with van der Waals surface area (Å²) >= 11 is 0. The van der Waals surface area contributed by atoms with Crippen molar-refractivity contribution in [3.05, 3.63) is 47.7 Å². The maximum absolute atomic E-state index is 5.88. The SMILES string of the molecule is COCc1cccc(Nc2nc(C)ccc2N)c1. The van der Waals surface area contributed by atoms with Crippen LogP contribution in [0.25, 0.3) is 0 Å². The molecular weight excluding hydrogens is 226 g/mol. The molecule has 0 aliphatic rings. The molecule has 3 N–H and O–H groups in total. The molecule has 0 spiro atoms. The zero-order valence-electron chi connectivity index (χ0n) is 10.6. The Bertz CT molecular complexity index is 540. The fraction of sp³-hybridized carbons (Fsp3) is 0.214. The van der Waals surface area contributed by atoms with E-state index in [-0.39, 0.29) is 0 Å². The summed E-state index contributed by atoms with van der Waals surface area (Å²) < 4.78 is 5.11. The van der Waals surface area contributed by atoms with Crippen molar-refractivity contribution in [1.29, 1.82) is 0 Å². The zero-order chi connectivity index (χ0) is 13.0. The van der Waals surface area contributed by atoms with Crippen LogP contribution in [0.3, 0.4) is 0 Å². The van der Waals surface area contributed by atoms with Crippen LogP contribution in [0.2, 0.25) is 0 Å². The highest BCUT2D eigenvalue weighted by Gasteiger charge is 2.02. The summed E-state index contributed by atoms with van der Waals surface area (Å²) in [5.74, 6) is 0.685. The molecule has 0 atom stereocenters. The predicted octanol–water partition coefficient (Wildman–Crippen LogP) is 2.86. The zero-order valence-corrected chi connectivity index (χ0v) is 10.6. The maximum atomic E-state index is 5.88. The molecule has 94 valence electrons. The van der Waals surface area contributed by atoms with Crippen LogP contribution in [0.4, 0.5) is 17.2 Å². The standard InChI is InChI=1S/C14H17N3O/c1-10-6-7-13(15)14(16-10)17-12-5-3-4-11(8-12)9-18-2/h3-8H,9,15H2,1-2H3,(H,16,17). The number of nitrogen functional groups attached to an aromatic ring is 1. The number of nitrogens with zero attached hydrogens (tertiary/aromatic N) is 1. The van der Waals surface area contributed by atoms with Crippen LogP contribution < -0.4 is 11.1 Å². The number of aromatic nitrogens is 1. The second kappa shape index (κ2) is 5.51. The lowest BCUT2D eigenvalue weighted by Gasteiger charge is -2.10. The van der Waals surface area contributed by atoms with Gasteiger partial charge in [-0.15, -0.1) is 0 Å². The summed E-state index contributed by atoms with van der Waals surface area (Å²) in [6.07, 6.45) is 0. The summed E-state index contributed by atoms with van der Waals surface area (Å²) in [7, 11) is 1.68. The largest absolute Gasteiger partial charge is 0.396 e. The molecule has 0 aliphatic heterocycles. The molecule has 0 amide bonds. The Hall–Kier alpha value is -2.07. The summed E-state index contributed by atoms with van der Waals surface area (Å²) in [6.45, 7) is 2.53. The molecule has 0 bridgehead atoms. The molecule has 4 nitrogen and oxygen atoms in total. The van der Waals surface area contributed by atoms with Gasteiger partial charge in [-0.3, -0.25) is 0 Å². The van der Waals surface area contributed by atoms with Gasteiger partial charge >= 0.3 is 0 Å². The quantitative estimate of drug-likeness (QED) is 0.866. The molecule has 0 saturated carbocycles. The number of nitrogens with one attached hydrogen (secondary N) is 1. The maximum Gasteiger partial charge on any atom is 0.153 e. The van der Waals surface area contributed by atoms with Gasteiger partial charge in [-0.1, -0.05) is 12.1 Å². The van der Waals surface area contributed by atoms with Gasteiger partial charge in [-0.25, -0.2) is 4.98 Å². The van der Waals surface area contributed by atoms with Crippen molar-refractivity contribution in [2.75, 3.05) is 18.2 Å². The van der Waals surface area contributed by atoms with Gasteiger partial charge in [-0.2, -0.15) is 0 Å². The highest BCUT2D eigenvalue weighted by molar-refractivity contribution is 5.68. The topological polar surface area (TPSA) is 60.2 Å². The van der Waals surface area contributed by atoms with E-state index in [1.54, 1.807) is 7.11 Å². The average Bonchev–Trinajstić information content (AvgIpc) is 2.35. The normalized spacial score (nSPS) is 10.3. The summed E-state index contributed by atoms with van der Waals surface area (Å²) in [6, 6.07) is 11.7. The third-order valence-electron chi connectivity index (χ3n) is 2.57. The molecule has 1 heterocycles. The highest BCUT2D eigenvalue weighted by atomic mass is 16.5. The number of hydrogen-bond donors (Lipinski definition) is 2. The van der Waals surface area contributed by atoms with Gasteiger partial charge in [-0.05, 0) is 36.8 Å².